The molecule has 0 aliphatic carbocycles. The summed E-state index contributed by atoms with van der Waals surface area (Å²) in [4.78, 5) is 11.2. The molecular formula is C9H5ClINO2. The number of hydrogen-bond acceptors (Lipinski definition) is 3. The second-order valence-electron chi connectivity index (χ2n) is 2.52. The fraction of sp³-hybridized carbons (Fsp3) is 0.111. The molecule has 14 heavy (non-hydrogen) atoms. The average molecular weight is 322 g/mol. The average Bonchev–Trinajstić information content (AvgIpc) is 2.19. The third-order valence-corrected chi connectivity index (χ3v) is 2.48. The molecule has 0 atom stereocenters. The third-order valence-electron chi connectivity index (χ3n) is 1.62. The lowest BCUT2D eigenvalue weighted by Crippen LogP contribution is -2.02. The molecule has 0 aliphatic rings. The SMILES string of the molecule is N#Cc1cc(I)cc(C(=O)CCl)c1O. The first kappa shape index (κ1) is 11.3. The highest BCUT2D eigenvalue weighted by molar-refractivity contribution is 14.1. The first-order valence-corrected chi connectivity index (χ1v) is 5.23. The quantitative estimate of drug-likeness (QED) is 0.516. The number of benzene rings is 1. The molecule has 0 bridgehead atoms. The number of nitrogens with zero attached hydrogens (tertiary/aromatic N) is 1. The van der Waals surface area contributed by atoms with Gasteiger partial charge in [-0.25, -0.2) is 0 Å². The minimum Gasteiger partial charge on any atom is -0.506 e. The van der Waals surface area contributed by atoms with Crippen LogP contribution in [0.3, 0.4) is 0 Å². The molecule has 1 N–H and O–H groups in total. The minimum atomic E-state index is -0.390. The molecule has 0 saturated heterocycles. The number of carbonyl (C=O) groups is 1. The Bertz CT molecular complexity index is 426. The van der Waals surface area contributed by atoms with Crippen LogP contribution in [0.25, 0.3) is 0 Å². The predicted octanol–water partition coefficient (Wildman–Crippen LogP) is 2.29. The standard InChI is InChI=1S/C9H5ClINO2/c10-3-8(13)7-2-6(11)1-5(4-12)9(7)14/h1-2,14H,3H2. The van der Waals surface area contributed by atoms with Crippen LogP contribution in [0.1, 0.15) is 15.9 Å². The summed E-state index contributed by atoms with van der Waals surface area (Å²) >= 11 is 7.32. The number of aromatic hydroxyl groups is 1. The van der Waals surface area contributed by atoms with E-state index in [1.165, 1.54) is 12.1 Å². The largest absolute Gasteiger partial charge is 0.506 e. The van der Waals surface area contributed by atoms with Crippen LogP contribution in [0.2, 0.25) is 0 Å². The highest BCUT2D eigenvalue weighted by Crippen LogP contribution is 2.25. The number of halogens is 2. The summed E-state index contributed by atoms with van der Waals surface area (Å²) in [7, 11) is 0. The van der Waals surface area contributed by atoms with Crippen molar-refractivity contribution in [2.45, 2.75) is 0 Å². The van der Waals surface area contributed by atoms with Gasteiger partial charge in [0, 0.05) is 3.57 Å². The molecule has 0 aromatic heterocycles. The Kier molecular flexibility index (Phi) is 3.72. The van der Waals surface area contributed by atoms with Gasteiger partial charge in [-0.1, -0.05) is 0 Å². The molecule has 0 radical (unpaired) electrons. The smallest absolute Gasteiger partial charge is 0.181 e. The number of phenolic OH excluding ortho intramolecular Hbond substituents is 1. The van der Waals surface area contributed by atoms with E-state index in [2.05, 4.69) is 0 Å². The number of Topliss-reactive ketones (excluding diaryl/α,β-unsaturated/α-hetero) is 1. The monoisotopic (exact) mass is 321 g/mol. The minimum absolute atomic E-state index is 0.0883. The number of hydrogen-bond donors (Lipinski definition) is 1. The lowest BCUT2D eigenvalue weighted by atomic mass is 10.1. The zero-order valence-electron chi connectivity index (χ0n) is 6.92. The molecule has 1 aromatic carbocycles. The van der Waals surface area contributed by atoms with Crippen LogP contribution in [0.4, 0.5) is 0 Å². The van der Waals surface area contributed by atoms with Crippen LogP contribution < -0.4 is 0 Å². The Labute approximate surface area is 99.4 Å². The van der Waals surface area contributed by atoms with E-state index in [1.54, 1.807) is 6.07 Å². The van der Waals surface area contributed by atoms with Crippen molar-refractivity contribution in [3.05, 3.63) is 26.8 Å². The molecule has 0 spiro atoms. The van der Waals surface area contributed by atoms with Gasteiger partial charge in [-0.3, -0.25) is 4.79 Å². The van der Waals surface area contributed by atoms with E-state index in [1.807, 2.05) is 22.6 Å². The summed E-state index contributed by atoms with van der Waals surface area (Å²) < 4.78 is 0.713. The van der Waals surface area contributed by atoms with Gasteiger partial charge in [0.1, 0.15) is 11.8 Å². The number of alkyl halides is 1. The summed E-state index contributed by atoms with van der Waals surface area (Å²) in [5.74, 6) is -0.892. The van der Waals surface area contributed by atoms with Crippen LogP contribution in [-0.2, 0) is 0 Å². The van der Waals surface area contributed by atoms with Crippen molar-refractivity contribution in [3.8, 4) is 11.8 Å². The molecule has 72 valence electrons. The van der Waals surface area contributed by atoms with Crippen LogP contribution in [0.5, 0.6) is 5.75 Å². The van der Waals surface area contributed by atoms with Crippen LogP contribution >= 0.6 is 34.2 Å². The van der Waals surface area contributed by atoms with Crippen LogP contribution in [-0.4, -0.2) is 16.8 Å². The summed E-state index contributed by atoms with van der Waals surface area (Å²) in [6, 6.07) is 4.81. The maximum Gasteiger partial charge on any atom is 0.181 e. The van der Waals surface area contributed by atoms with Crippen molar-refractivity contribution >= 4 is 40.0 Å². The first-order valence-electron chi connectivity index (χ1n) is 3.62. The number of nitriles is 1. The number of carbonyl (C=O) groups excluding carboxylic acids is 1. The van der Waals surface area contributed by atoms with E-state index in [4.69, 9.17) is 16.9 Å². The molecule has 1 rings (SSSR count). The first-order chi connectivity index (χ1) is 6.60. The Hall–Kier alpha value is -0.800. The van der Waals surface area contributed by atoms with Gasteiger partial charge in [-0.15, -0.1) is 11.6 Å². The normalized spacial score (nSPS) is 9.50. The molecule has 3 nitrogen and oxygen atoms in total. The number of ketones is 1. The van der Waals surface area contributed by atoms with E-state index in [-0.39, 0.29) is 28.5 Å². The maximum atomic E-state index is 11.2. The Morgan fingerprint density at radius 2 is 2.29 bits per heavy atom. The van der Waals surface area contributed by atoms with Crippen LogP contribution in [0.15, 0.2) is 12.1 Å². The van der Waals surface area contributed by atoms with Gasteiger partial charge >= 0.3 is 0 Å². The van der Waals surface area contributed by atoms with Crippen molar-refractivity contribution in [1.82, 2.24) is 0 Å². The lowest BCUT2D eigenvalue weighted by Gasteiger charge is -2.03. The molecule has 5 heteroatoms. The van der Waals surface area contributed by atoms with Gasteiger partial charge < -0.3 is 5.11 Å². The molecule has 0 saturated carbocycles. The van der Waals surface area contributed by atoms with Gasteiger partial charge in [0.15, 0.2) is 5.78 Å². The fourth-order valence-corrected chi connectivity index (χ4v) is 1.74. The second kappa shape index (κ2) is 4.62. The molecular weight excluding hydrogens is 316 g/mol. The lowest BCUT2D eigenvalue weighted by molar-refractivity contribution is 0.101. The van der Waals surface area contributed by atoms with Crippen LogP contribution in [0, 0.1) is 14.9 Å². The van der Waals surface area contributed by atoms with Gasteiger partial charge in [0.05, 0.1) is 17.0 Å². The number of phenols is 1. The second-order valence-corrected chi connectivity index (χ2v) is 4.03. The van der Waals surface area contributed by atoms with Gasteiger partial charge in [0.2, 0.25) is 0 Å². The zero-order chi connectivity index (χ0) is 10.7. The van der Waals surface area contributed by atoms with E-state index >= 15 is 0 Å². The predicted molar refractivity (Wildman–Crippen MR) is 60.6 cm³/mol. The molecule has 0 heterocycles. The highest BCUT2D eigenvalue weighted by Gasteiger charge is 2.14. The van der Waals surface area contributed by atoms with Crippen molar-refractivity contribution < 1.29 is 9.90 Å². The topological polar surface area (TPSA) is 61.1 Å². The van der Waals surface area contributed by atoms with Gasteiger partial charge in [-0.05, 0) is 34.7 Å². The summed E-state index contributed by atoms with van der Waals surface area (Å²) in [5, 5.41) is 18.2. The zero-order valence-corrected chi connectivity index (χ0v) is 9.83. The van der Waals surface area contributed by atoms with E-state index in [0.29, 0.717) is 3.57 Å². The molecule has 1 aromatic rings. The Balaban J connectivity index is 3.38. The molecule has 0 aliphatic heterocycles. The van der Waals surface area contributed by atoms with Crippen molar-refractivity contribution in [3.63, 3.8) is 0 Å². The molecule has 0 amide bonds. The third kappa shape index (κ3) is 2.16. The van der Waals surface area contributed by atoms with Gasteiger partial charge in [-0.2, -0.15) is 5.26 Å². The van der Waals surface area contributed by atoms with Crippen molar-refractivity contribution in [2.24, 2.45) is 0 Å². The Morgan fingerprint density at radius 3 is 2.79 bits per heavy atom. The van der Waals surface area contributed by atoms with Gasteiger partial charge in [0.25, 0.3) is 0 Å². The molecule has 0 unspecified atom stereocenters. The summed E-state index contributed by atoms with van der Waals surface area (Å²) in [5.41, 5.74) is 0.189. The van der Waals surface area contributed by atoms with E-state index < -0.39 is 0 Å². The van der Waals surface area contributed by atoms with E-state index in [0.717, 1.165) is 0 Å². The van der Waals surface area contributed by atoms with Crippen molar-refractivity contribution in [2.75, 3.05) is 5.88 Å². The Morgan fingerprint density at radius 1 is 1.64 bits per heavy atom. The molecule has 0 fully saturated rings. The summed E-state index contributed by atoms with van der Waals surface area (Å²) in [6.45, 7) is 0. The highest BCUT2D eigenvalue weighted by atomic mass is 127. The van der Waals surface area contributed by atoms with Crippen molar-refractivity contribution in [1.29, 1.82) is 5.26 Å². The fourth-order valence-electron chi connectivity index (χ4n) is 0.969. The number of rotatable bonds is 2. The van der Waals surface area contributed by atoms with E-state index in [9.17, 15) is 9.90 Å². The summed E-state index contributed by atoms with van der Waals surface area (Å²) in [6.07, 6.45) is 0. The maximum absolute atomic E-state index is 11.2.